The summed E-state index contributed by atoms with van der Waals surface area (Å²) in [5.41, 5.74) is 0.983. The highest BCUT2D eigenvalue weighted by molar-refractivity contribution is 6.32. The van der Waals surface area contributed by atoms with Crippen LogP contribution in [0.5, 0.6) is 11.5 Å². The number of phenols is 1. The molecule has 1 aromatic heterocycles. The second-order valence-corrected chi connectivity index (χ2v) is 5.79. The van der Waals surface area contributed by atoms with E-state index in [-0.39, 0.29) is 16.7 Å². The minimum atomic E-state index is -0.316. The van der Waals surface area contributed by atoms with Gasteiger partial charge < -0.3 is 19.7 Å². The highest BCUT2D eigenvalue weighted by Gasteiger charge is 2.09. The van der Waals surface area contributed by atoms with Crippen LogP contribution in [0.2, 0.25) is 5.02 Å². The smallest absolute Gasteiger partial charge is 0.255 e. The van der Waals surface area contributed by atoms with Gasteiger partial charge in [-0.3, -0.25) is 4.79 Å². The van der Waals surface area contributed by atoms with Crippen LogP contribution in [0, 0.1) is 0 Å². The molecule has 25 heavy (non-hydrogen) atoms. The minimum Gasteiger partial charge on any atom is -0.506 e. The summed E-state index contributed by atoms with van der Waals surface area (Å²) in [6.45, 7) is 0.362. The number of anilines is 1. The van der Waals surface area contributed by atoms with Crippen molar-refractivity contribution in [3.63, 3.8) is 0 Å². The third-order valence-electron chi connectivity index (χ3n) is 3.61. The Balaban J connectivity index is 1.61. The largest absolute Gasteiger partial charge is 0.506 e. The van der Waals surface area contributed by atoms with E-state index in [0.717, 1.165) is 5.82 Å². The number of phenolic OH excluding ortho intramolecular Hbond substituents is 1. The van der Waals surface area contributed by atoms with E-state index in [1.165, 1.54) is 18.2 Å². The zero-order chi connectivity index (χ0) is 17.8. The fourth-order valence-electron chi connectivity index (χ4n) is 2.17. The summed E-state index contributed by atoms with van der Waals surface area (Å²) in [5.74, 6) is 1.12. The van der Waals surface area contributed by atoms with Gasteiger partial charge in [0.25, 0.3) is 5.91 Å². The van der Waals surface area contributed by atoms with E-state index in [9.17, 15) is 9.90 Å². The van der Waals surface area contributed by atoms with E-state index in [0.29, 0.717) is 23.6 Å². The number of hydrogen-bond acceptors (Lipinski definition) is 4. The van der Waals surface area contributed by atoms with Gasteiger partial charge in [-0.05, 0) is 42.5 Å². The number of rotatable bonds is 5. The Bertz CT molecular complexity index is 891. The van der Waals surface area contributed by atoms with Gasteiger partial charge in [-0.15, -0.1) is 0 Å². The van der Waals surface area contributed by atoms with Gasteiger partial charge in [0.15, 0.2) is 0 Å². The van der Waals surface area contributed by atoms with Gasteiger partial charge in [0.2, 0.25) is 0 Å². The number of ether oxygens (including phenoxy) is 1. The number of aromatic hydroxyl groups is 1. The molecule has 128 valence electrons. The van der Waals surface area contributed by atoms with Crippen LogP contribution in [0.4, 0.5) is 5.69 Å². The summed E-state index contributed by atoms with van der Waals surface area (Å²) in [4.78, 5) is 16.4. The lowest BCUT2D eigenvalue weighted by atomic mass is 10.2. The maximum Gasteiger partial charge on any atom is 0.255 e. The van der Waals surface area contributed by atoms with Crippen LogP contribution >= 0.6 is 11.6 Å². The van der Waals surface area contributed by atoms with Crippen LogP contribution in [0.25, 0.3) is 0 Å². The Kier molecular flexibility index (Phi) is 4.90. The maximum atomic E-state index is 12.2. The fourth-order valence-corrected chi connectivity index (χ4v) is 2.35. The van der Waals surface area contributed by atoms with E-state index < -0.39 is 0 Å². The third kappa shape index (κ3) is 4.10. The van der Waals surface area contributed by atoms with Crippen molar-refractivity contribution in [2.24, 2.45) is 7.05 Å². The molecular formula is C18H16ClN3O3. The number of benzene rings is 2. The molecule has 2 N–H and O–H groups in total. The van der Waals surface area contributed by atoms with Gasteiger partial charge >= 0.3 is 0 Å². The molecule has 6 nitrogen and oxygen atoms in total. The van der Waals surface area contributed by atoms with E-state index in [4.69, 9.17) is 16.3 Å². The molecule has 0 aliphatic rings. The lowest BCUT2D eigenvalue weighted by Crippen LogP contribution is -2.11. The van der Waals surface area contributed by atoms with Crippen LogP contribution in [-0.2, 0) is 13.7 Å². The van der Waals surface area contributed by atoms with Gasteiger partial charge in [-0.2, -0.15) is 0 Å². The van der Waals surface area contributed by atoms with Gasteiger partial charge in [0.05, 0.1) is 5.02 Å². The lowest BCUT2D eigenvalue weighted by molar-refractivity contribution is 0.102. The second-order valence-electron chi connectivity index (χ2n) is 5.39. The van der Waals surface area contributed by atoms with Crippen molar-refractivity contribution in [1.29, 1.82) is 0 Å². The first-order chi connectivity index (χ1) is 12.0. The predicted molar refractivity (Wildman–Crippen MR) is 95.1 cm³/mol. The number of aromatic nitrogens is 2. The second kappa shape index (κ2) is 7.27. The summed E-state index contributed by atoms with van der Waals surface area (Å²) in [7, 11) is 1.90. The molecule has 0 atom stereocenters. The molecule has 3 rings (SSSR count). The first kappa shape index (κ1) is 16.9. The highest BCUT2D eigenvalue weighted by Crippen LogP contribution is 2.24. The molecular weight excluding hydrogens is 342 g/mol. The maximum absolute atomic E-state index is 12.2. The quantitative estimate of drug-likeness (QED) is 0.731. The third-order valence-corrected chi connectivity index (χ3v) is 3.91. The summed E-state index contributed by atoms with van der Waals surface area (Å²) < 4.78 is 7.55. The van der Waals surface area contributed by atoms with Crippen LogP contribution < -0.4 is 10.1 Å². The van der Waals surface area contributed by atoms with E-state index in [1.807, 2.05) is 17.8 Å². The molecule has 0 spiro atoms. The normalized spacial score (nSPS) is 10.5. The van der Waals surface area contributed by atoms with Crippen LogP contribution in [0.15, 0.2) is 54.9 Å². The Morgan fingerprint density at radius 1 is 1.28 bits per heavy atom. The number of amides is 1. The highest BCUT2D eigenvalue weighted by atomic mass is 35.5. The SMILES string of the molecule is Cn1ccnc1COc1ccc(NC(=O)c2ccc(O)c(Cl)c2)cc1. The minimum absolute atomic E-state index is 0.0626. The standard InChI is InChI=1S/C18H16ClN3O3/c1-22-9-8-20-17(22)11-25-14-5-3-13(4-6-14)21-18(24)12-2-7-16(23)15(19)10-12/h2-10,23H,11H2,1H3,(H,21,24). The van der Waals surface area contributed by atoms with Crippen LogP contribution in [0.1, 0.15) is 16.2 Å². The first-order valence-corrected chi connectivity index (χ1v) is 7.89. The lowest BCUT2D eigenvalue weighted by Gasteiger charge is -2.09. The molecule has 1 amide bonds. The van der Waals surface area contributed by atoms with Crippen molar-refractivity contribution in [2.75, 3.05) is 5.32 Å². The Labute approximate surface area is 149 Å². The number of aryl methyl sites for hydroxylation is 1. The number of nitrogens with zero attached hydrogens (tertiary/aromatic N) is 2. The molecule has 0 unspecified atom stereocenters. The van der Waals surface area contributed by atoms with Gasteiger partial charge in [-0.1, -0.05) is 11.6 Å². The van der Waals surface area contributed by atoms with Crippen molar-refractivity contribution in [1.82, 2.24) is 9.55 Å². The van der Waals surface area contributed by atoms with Crippen LogP contribution in [-0.4, -0.2) is 20.6 Å². The molecule has 0 radical (unpaired) electrons. The van der Waals surface area contributed by atoms with Crippen LogP contribution in [0.3, 0.4) is 0 Å². The number of carbonyl (C=O) groups excluding carboxylic acids is 1. The summed E-state index contributed by atoms with van der Waals surface area (Å²) in [6, 6.07) is 11.3. The molecule has 0 saturated carbocycles. The molecule has 7 heteroatoms. The molecule has 0 fully saturated rings. The number of hydrogen-bond donors (Lipinski definition) is 2. The van der Waals surface area contributed by atoms with Crippen molar-refractivity contribution in [2.45, 2.75) is 6.61 Å². The van der Waals surface area contributed by atoms with Gasteiger partial charge in [0, 0.05) is 30.7 Å². The summed E-state index contributed by atoms with van der Waals surface area (Å²) in [5, 5.41) is 12.3. The average molecular weight is 358 g/mol. The number of imidazole rings is 1. The van der Waals surface area contributed by atoms with E-state index in [1.54, 1.807) is 30.5 Å². The summed E-state index contributed by atoms with van der Waals surface area (Å²) in [6.07, 6.45) is 3.57. The zero-order valence-corrected chi connectivity index (χ0v) is 14.2. The van der Waals surface area contributed by atoms with E-state index in [2.05, 4.69) is 10.3 Å². The fraction of sp³-hybridized carbons (Fsp3) is 0.111. The van der Waals surface area contributed by atoms with Gasteiger partial charge in [-0.25, -0.2) is 4.98 Å². The van der Waals surface area contributed by atoms with Crippen molar-refractivity contribution >= 4 is 23.2 Å². The molecule has 0 aliphatic heterocycles. The first-order valence-electron chi connectivity index (χ1n) is 7.52. The van der Waals surface area contributed by atoms with Crippen molar-refractivity contribution in [3.8, 4) is 11.5 Å². The van der Waals surface area contributed by atoms with Crippen molar-refractivity contribution in [3.05, 3.63) is 71.3 Å². The van der Waals surface area contributed by atoms with Crippen molar-refractivity contribution < 1.29 is 14.6 Å². The predicted octanol–water partition coefficient (Wildman–Crippen LogP) is 3.61. The number of nitrogens with one attached hydrogen (secondary N) is 1. The molecule has 2 aromatic carbocycles. The molecule has 0 bridgehead atoms. The average Bonchev–Trinajstić information content (AvgIpc) is 3.01. The summed E-state index contributed by atoms with van der Waals surface area (Å²) >= 11 is 5.82. The number of halogens is 1. The number of carbonyl (C=O) groups is 1. The molecule has 1 heterocycles. The molecule has 0 aliphatic carbocycles. The van der Waals surface area contributed by atoms with Gasteiger partial charge in [0.1, 0.15) is 23.9 Å². The molecule has 3 aromatic rings. The Hall–Kier alpha value is -2.99. The Morgan fingerprint density at radius 3 is 2.68 bits per heavy atom. The molecule has 0 saturated heterocycles. The monoisotopic (exact) mass is 357 g/mol. The Morgan fingerprint density at radius 2 is 2.04 bits per heavy atom. The zero-order valence-electron chi connectivity index (χ0n) is 13.4. The topological polar surface area (TPSA) is 76.4 Å². The van der Waals surface area contributed by atoms with E-state index >= 15 is 0 Å².